The molecule has 0 aliphatic carbocycles. The van der Waals surface area contributed by atoms with E-state index in [0.717, 1.165) is 18.5 Å². The predicted octanol–water partition coefficient (Wildman–Crippen LogP) is 2.71. The lowest BCUT2D eigenvalue weighted by Crippen LogP contribution is -2.40. The lowest BCUT2D eigenvalue weighted by atomic mass is 10.0. The summed E-state index contributed by atoms with van der Waals surface area (Å²) in [6.07, 6.45) is 4.00. The van der Waals surface area contributed by atoms with Gasteiger partial charge in [0.15, 0.2) is 6.29 Å². The summed E-state index contributed by atoms with van der Waals surface area (Å²) in [5, 5.41) is 12.4. The summed E-state index contributed by atoms with van der Waals surface area (Å²) in [5.74, 6) is 0.721. The van der Waals surface area contributed by atoms with Crippen LogP contribution in [0, 0.1) is 11.3 Å². The molecule has 0 saturated carbocycles. The van der Waals surface area contributed by atoms with Gasteiger partial charge in [0.05, 0.1) is 29.9 Å². The Kier molecular flexibility index (Phi) is 7.11. The minimum Gasteiger partial charge on any atom is -0.447 e. The highest BCUT2D eigenvalue weighted by molar-refractivity contribution is 6.02. The molecule has 0 spiro atoms. The van der Waals surface area contributed by atoms with E-state index < -0.39 is 12.1 Å². The maximum absolute atomic E-state index is 13.3. The van der Waals surface area contributed by atoms with Gasteiger partial charge in [-0.1, -0.05) is 0 Å². The third kappa shape index (κ3) is 4.84. The molecule has 3 aliphatic heterocycles. The van der Waals surface area contributed by atoms with Gasteiger partial charge in [0.2, 0.25) is 0 Å². The number of anilines is 3. The SMILES string of the molecule is CO[C@@H]1CCN(c2cc(NC(=O)N3CCCc4cc(CN5C(=O)OC[C@@H]5C)c(C=O)nc43)ncc2C#N)C1. The molecular formula is C26H29N7O5. The van der Waals surface area contributed by atoms with Crippen LogP contribution in [0.3, 0.4) is 0 Å². The predicted molar refractivity (Wildman–Crippen MR) is 137 cm³/mol. The summed E-state index contributed by atoms with van der Waals surface area (Å²) in [7, 11) is 1.67. The van der Waals surface area contributed by atoms with Gasteiger partial charge in [0, 0.05) is 44.6 Å². The Balaban J connectivity index is 1.37. The van der Waals surface area contributed by atoms with Crippen molar-refractivity contribution in [2.75, 3.05) is 48.5 Å². The van der Waals surface area contributed by atoms with Crippen LogP contribution in [0.25, 0.3) is 0 Å². The molecule has 5 heterocycles. The first-order valence-electron chi connectivity index (χ1n) is 12.6. The molecule has 1 N–H and O–H groups in total. The summed E-state index contributed by atoms with van der Waals surface area (Å²) in [4.78, 5) is 51.2. The number of nitrogens with one attached hydrogen (secondary N) is 1. The molecule has 2 aromatic rings. The number of methoxy groups -OCH3 is 1. The molecule has 2 fully saturated rings. The number of nitriles is 1. The minimum absolute atomic E-state index is 0.0832. The van der Waals surface area contributed by atoms with Gasteiger partial charge >= 0.3 is 12.1 Å². The highest BCUT2D eigenvalue weighted by Gasteiger charge is 2.32. The fraction of sp³-hybridized carbons (Fsp3) is 0.462. The number of aryl methyl sites for hydroxylation is 1. The summed E-state index contributed by atoms with van der Waals surface area (Å²) in [5.41, 5.74) is 2.73. The Bertz CT molecular complexity index is 1310. The number of hydrogen-bond donors (Lipinski definition) is 1. The monoisotopic (exact) mass is 519 g/mol. The molecule has 0 bridgehead atoms. The minimum atomic E-state index is -0.431. The Morgan fingerprint density at radius 1 is 1.37 bits per heavy atom. The van der Waals surface area contributed by atoms with Crippen LogP contribution in [0.5, 0.6) is 0 Å². The second kappa shape index (κ2) is 10.6. The van der Waals surface area contributed by atoms with Crippen LogP contribution < -0.4 is 15.1 Å². The van der Waals surface area contributed by atoms with Crippen LogP contribution in [0.2, 0.25) is 0 Å². The second-order valence-corrected chi connectivity index (χ2v) is 9.66. The highest BCUT2D eigenvalue weighted by Crippen LogP contribution is 2.30. The van der Waals surface area contributed by atoms with Gasteiger partial charge in [0.25, 0.3) is 0 Å². The number of hydrogen-bond acceptors (Lipinski definition) is 9. The van der Waals surface area contributed by atoms with E-state index in [4.69, 9.17) is 9.47 Å². The fourth-order valence-corrected chi connectivity index (χ4v) is 5.11. The number of rotatable bonds is 6. The van der Waals surface area contributed by atoms with Crippen LogP contribution in [-0.2, 0) is 22.4 Å². The van der Waals surface area contributed by atoms with E-state index in [1.807, 2.05) is 13.0 Å². The first-order chi connectivity index (χ1) is 18.4. The van der Waals surface area contributed by atoms with Crippen molar-refractivity contribution in [2.24, 2.45) is 0 Å². The molecule has 0 unspecified atom stereocenters. The summed E-state index contributed by atoms with van der Waals surface area (Å²) < 4.78 is 10.5. The first kappa shape index (κ1) is 25.4. The quantitative estimate of drug-likeness (QED) is 0.570. The molecule has 3 aliphatic rings. The van der Waals surface area contributed by atoms with E-state index >= 15 is 0 Å². The number of amides is 3. The zero-order chi connectivity index (χ0) is 26.8. The zero-order valence-corrected chi connectivity index (χ0v) is 21.3. The molecule has 3 amide bonds. The number of carbonyl (C=O) groups excluding carboxylic acids is 3. The standard InChI is InChI=1S/C26H29N7O5/c1-16-15-38-26(36)33(16)12-18-8-17-4-3-6-32(24(17)29-21(18)14-34)25(35)30-23-9-22(19(10-27)11-28-23)31-7-5-20(13-31)37-2/h8-9,11,14,16,20H,3-7,12-13,15H2,1-2H3,(H,28,30,35)/t16-,20+/m0/s1. The topological polar surface area (TPSA) is 141 Å². The molecule has 5 rings (SSSR count). The van der Waals surface area contributed by atoms with Gasteiger partial charge in [-0.2, -0.15) is 5.26 Å². The molecule has 2 aromatic heterocycles. The summed E-state index contributed by atoms with van der Waals surface area (Å²) >= 11 is 0. The largest absolute Gasteiger partial charge is 0.447 e. The molecule has 2 saturated heterocycles. The average molecular weight is 520 g/mol. The number of cyclic esters (lactones) is 1. The van der Waals surface area contributed by atoms with E-state index in [9.17, 15) is 19.6 Å². The van der Waals surface area contributed by atoms with E-state index in [1.165, 1.54) is 11.1 Å². The molecule has 0 radical (unpaired) electrons. The lowest BCUT2D eigenvalue weighted by molar-refractivity contribution is 0.111. The van der Waals surface area contributed by atoms with Crippen LogP contribution in [-0.4, -0.2) is 78.8 Å². The van der Waals surface area contributed by atoms with E-state index in [2.05, 4.69) is 26.3 Å². The highest BCUT2D eigenvalue weighted by atomic mass is 16.6. The van der Waals surface area contributed by atoms with Gasteiger partial charge in [-0.25, -0.2) is 19.6 Å². The first-order valence-corrected chi connectivity index (χ1v) is 12.6. The van der Waals surface area contributed by atoms with Crippen molar-refractivity contribution in [3.05, 3.63) is 40.7 Å². The summed E-state index contributed by atoms with van der Waals surface area (Å²) in [6, 6.07) is 5.18. The second-order valence-electron chi connectivity index (χ2n) is 9.66. The number of urea groups is 1. The van der Waals surface area contributed by atoms with Crippen molar-refractivity contribution in [1.82, 2.24) is 14.9 Å². The fourth-order valence-electron chi connectivity index (χ4n) is 5.11. The molecule has 12 nitrogen and oxygen atoms in total. The molecule has 198 valence electrons. The Labute approximate surface area is 220 Å². The number of pyridine rings is 2. The summed E-state index contributed by atoms with van der Waals surface area (Å²) in [6.45, 7) is 4.20. The van der Waals surface area contributed by atoms with Crippen LogP contribution in [0.15, 0.2) is 18.3 Å². The molecule has 0 aromatic carbocycles. The third-order valence-corrected chi connectivity index (χ3v) is 7.24. The number of ether oxygens (including phenoxy) is 2. The third-order valence-electron chi connectivity index (χ3n) is 7.24. The molecule has 2 atom stereocenters. The Morgan fingerprint density at radius 3 is 2.89 bits per heavy atom. The van der Waals surface area contributed by atoms with Crippen LogP contribution in [0.1, 0.15) is 46.9 Å². The van der Waals surface area contributed by atoms with Crippen LogP contribution in [0.4, 0.5) is 26.9 Å². The number of aromatic nitrogens is 2. The lowest BCUT2D eigenvalue weighted by Gasteiger charge is -2.29. The van der Waals surface area contributed by atoms with Gasteiger partial charge in [-0.3, -0.25) is 19.9 Å². The van der Waals surface area contributed by atoms with Crippen molar-refractivity contribution >= 4 is 35.7 Å². The van der Waals surface area contributed by atoms with Gasteiger partial charge in [0.1, 0.15) is 30.0 Å². The molecule has 38 heavy (non-hydrogen) atoms. The van der Waals surface area contributed by atoms with Crippen molar-refractivity contribution in [1.29, 1.82) is 5.26 Å². The van der Waals surface area contributed by atoms with Gasteiger partial charge < -0.3 is 14.4 Å². The van der Waals surface area contributed by atoms with Crippen LogP contribution >= 0.6 is 0 Å². The molecule has 12 heteroatoms. The van der Waals surface area contributed by atoms with E-state index in [0.29, 0.717) is 67.3 Å². The van der Waals surface area contributed by atoms with Crippen molar-refractivity contribution in [2.45, 2.75) is 44.9 Å². The van der Waals surface area contributed by atoms with Crippen molar-refractivity contribution < 1.29 is 23.9 Å². The van der Waals surface area contributed by atoms with E-state index in [1.54, 1.807) is 18.1 Å². The zero-order valence-electron chi connectivity index (χ0n) is 21.3. The van der Waals surface area contributed by atoms with Gasteiger partial charge in [-0.05, 0) is 37.8 Å². The normalized spacial score (nSPS) is 20.7. The Morgan fingerprint density at radius 2 is 2.21 bits per heavy atom. The van der Waals surface area contributed by atoms with Gasteiger partial charge in [-0.15, -0.1) is 0 Å². The molecular weight excluding hydrogens is 490 g/mol. The number of carbonyl (C=O) groups is 3. The van der Waals surface area contributed by atoms with Crippen molar-refractivity contribution in [3.63, 3.8) is 0 Å². The Hall–Kier alpha value is -4.24. The maximum atomic E-state index is 13.3. The average Bonchev–Trinajstić information content (AvgIpc) is 3.54. The maximum Gasteiger partial charge on any atom is 0.410 e. The smallest absolute Gasteiger partial charge is 0.410 e. The number of nitrogens with zero attached hydrogens (tertiary/aromatic N) is 6. The number of aldehydes is 1. The van der Waals surface area contributed by atoms with Crippen molar-refractivity contribution in [3.8, 4) is 6.07 Å². The van der Waals surface area contributed by atoms with E-state index in [-0.39, 0.29) is 24.4 Å². The number of fused-ring (bicyclic) bond motifs is 1.